The summed E-state index contributed by atoms with van der Waals surface area (Å²) >= 11 is 7.79. The van der Waals surface area contributed by atoms with Gasteiger partial charge in [-0.15, -0.1) is 12.4 Å². The predicted octanol–water partition coefficient (Wildman–Crippen LogP) is 5.87. The largest absolute Gasteiger partial charge is 0.490 e. The summed E-state index contributed by atoms with van der Waals surface area (Å²) in [5.41, 5.74) is 2.93. The third kappa shape index (κ3) is 6.03. The SMILES string of the molecule is CCOc1cc(C=C2C(=N)N3N=C(C)SC3=NC2=O)cc(Cl)c1OCCOc1ccc(C)cc1C.Cl. The number of hydrogen-bond donors (Lipinski definition) is 1. The number of aryl methyl sites for hydroxylation is 2. The van der Waals surface area contributed by atoms with Crippen LogP contribution in [-0.4, -0.2) is 46.8 Å². The molecular formula is C25H26Cl2N4O4S. The van der Waals surface area contributed by atoms with Crippen LogP contribution in [0.2, 0.25) is 5.02 Å². The van der Waals surface area contributed by atoms with Gasteiger partial charge < -0.3 is 14.2 Å². The number of nitrogens with zero attached hydrogens (tertiary/aromatic N) is 3. The third-order valence-corrected chi connectivity index (χ3v) is 6.22. The van der Waals surface area contributed by atoms with Crippen molar-refractivity contribution in [3.05, 3.63) is 57.6 Å². The quantitative estimate of drug-likeness (QED) is 0.327. The van der Waals surface area contributed by atoms with E-state index < -0.39 is 5.91 Å². The Morgan fingerprint density at radius 2 is 1.83 bits per heavy atom. The van der Waals surface area contributed by atoms with Crippen molar-refractivity contribution in [3.63, 3.8) is 0 Å². The molecule has 11 heteroatoms. The molecular weight excluding hydrogens is 523 g/mol. The summed E-state index contributed by atoms with van der Waals surface area (Å²) in [6.07, 6.45) is 1.56. The second kappa shape index (κ2) is 11.8. The van der Waals surface area contributed by atoms with E-state index in [0.29, 0.717) is 45.5 Å². The van der Waals surface area contributed by atoms with E-state index in [9.17, 15) is 4.79 Å². The average Bonchev–Trinajstić information content (AvgIpc) is 3.17. The van der Waals surface area contributed by atoms with Crippen molar-refractivity contribution >= 4 is 63.8 Å². The highest BCUT2D eigenvalue weighted by Crippen LogP contribution is 2.38. The van der Waals surface area contributed by atoms with Crippen LogP contribution in [0.1, 0.15) is 30.5 Å². The van der Waals surface area contributed by atoms with Crippen molar-refractivity contribution in [2.45, 2.75) is 27.7 Å². The van der Waals surface area contributed by atoms with Crippen LogP contribution in [0.3, 0.4) is 0 Å². The number of aliphatic imine (C=N–C) groups is 1. The first-order chi connectivity index (χ1) is 16.8. The van der Waals surface area contributed by atoms with Crippen molar-refractivity contribution in [1.29, 1.82) is 5.41 Å². The molecule has 1 N–H and O–H groups in total. The summed E-state index contributed by atoms with van der Waals surface area (Å²) in [7, 11) is 0. The number of carbonyl (C=O) groups excluding carboxylic acids is 1. The standard InChI is InChI=1S/C25H25ClN4O4S.ClH/c1-5-32-21-13-17(11-18-23(27)30-25(28-24(18)31)35-16(4)29-30)12-19(26)22(21)34-9-8-33-20-7-6-14(2)10-15(20)3;/h6-7,10-13,27H,5,8-9H2,1-4H3;1H. The third-order valence-electron chi connectivity index (χ3n) is 5.12. The molecule has 36 heavy (non-hydrogen) atoms. The zero-order chi connectivity index (χ0) is 25.1. The Labute approximate surface area is 225 Å². The topological polar surface area (TPSA) is 96.6 Å². The monoisotopic (exact) mass is 548 g/mol. The number of ether oxygens (including phenoxy) is 3. The number of hydrogen-bond acceptors (Lipinski definition) is 7. The number of benzene rings is 2. The Bertz CT molecular complexity index is 1290. The molecule has 8 nitrogen and oxygen atoms in total. The molecule has 0 fully saturated rings. The molecule has 0 radical (unpaired) electrons. The van der Waals surface area contributed by atoms with E-state index in [1.807, 2.05) is 32.9 Å². The predicted molar refractivity (Wildman–Crippen MR) is 147 cm³/mol. The normalized spacial score (nSPS) is 15.8. The van der Waals surface area contributed by atoms with Gasteiger partial charge in [-0.1, -0.05) is 29.3 Å². The Morgan fingerprint density at radius 3 is 2.56 bits per heavy atom. The number of thioether (sulfide) groups is 1. The molecule has 2 aliphatic heterocycles. The van der Waals surface area contributed by atoms with E-state index in [4.69, 9.17) is 31.2 Å². The Balaban J connectivity index is 0.00000361. The molecule has 2 heterocycles. The molecule has 4 rings (SSSR count). The van der Waals surface area contributed by atoms with Crippen molar-refractivity contribution < 1.29 is 19.0 Å². The van der Waals surface area contributed by atoms with Gasteiger partial charge in [0.25, 0.3) is 5.91 Å². The maximum Gasteiger partial charge on any atom is 0.283 e. The highest BCUT2D eigenvalue weighted by Gasteiger charge is 2.34. The molecule has 0 saturated carbocycles. The van der Waals surface area contributed by atoms with Gasteiger partial charge in [-0.05, 0) is 74.9 Å². The van der Waals surface area contributed by atoms with E-state index in [1.54, 1.807) is 25.1 Å². The smallest absolute Gasteiger partial charge is 0.283 e. The first-order valence-corrected chi connectivity index (χ1v) is 12.2. The van der Waals surface area contributed by atoms with Gasteiger partial charge in [-0.2, -0.15) is 15.1 Å². The lowest BCUT2D eigenvalue weighted by molar-refractivity contribution is -0.114. The highest BCUT2D eigenvalue weighted by molar-refractivity contribution is 8.26. The van der Waals surface area contributed by atoms with Crippen molar-refractivity contribution in [2.24, 2.45) is 10.1 Å². The molecule has 0 aliphatic carbocycles. The van der Waals surface area contributed by atoms with Crippen molar-refractivity contribution in [3.8, 4) is 17.2 Å². The van der Waals surface area contributed by atoms with Gasteiger partial charge in [0.1, 0.15) is 19.0 Å². The van der Waals surface area contributed by atoms with Gasteiger partial charge in [0.2, 0.25) is 5.17 Å². The molecule has 0 spiro atoms. The van der Waals surface area contributed by atoms with Crippen LogP contribution in [0, 0.1) is 19.3 Å². The molecule has 0 aromatic heterocycles. The minimum absolute atomic E-state index is 0. The Morgan fingerprint density at radius 1 is 1.08 bits per heavy atom. The second-order valence-electron chi connectivity index (χ2n) is 7.87. The second-order valence-corrected chi connectivity index (χ2v) is 9.44. The molecule has 0 unspecified atom stereocenters. The number of nitrogens with one attached hydrogen (secondary N) is 1. The average molecular weight is 549 g/mol. The van der Waals surface area contributed by atoms with E-state index in [0.717, 1.165) is 11.3 Å². The van der Waals surface area contributed by atoms with Gasteiger partial charge >= 0.3 is 0 Å². The number of amidine groups is 2. The van der Waals surface area contributed by atoms with Crippen LogP contribution >= 0.6 is 35.8 Å². The zero-order valence-corrected chi connectivity index (χ0v) is 22.6. The van der Waals surface area contributed by atoms with Gasteiger partial charge in [-0.3, -0.25) is 10.2 Å². The molecule has 190 valence electrons. The number of rotatable bonds is 8. The summed E-state index contributed by atoms with van der Waals surface area (Å²) in [5.74, 6) is 1.09. The van der Waals surface area contributed by atoms with E-state index in [2.05, 4.69) is 16.2 Å². The van der Waals surface area contributed by atoms with E-state index >= 15 is 0 Å². The first kappa shape index (κ1) is 27.6. The number of amides is 1. The molecule has 2 aliphatic rings. The van der Waals surface area contributed by atoms with Gasteiger partial charge in [0.05, 0.1) is 22.2 Å². The molecule has 0 saturated heterocycles. The highest BCUT2D eigenvalue weighted by atomic mass is 35.5. The lowest BCUT2D eigenvalue weighted by Gasteiger charge is -2.20. The van der Waals surface area contributed by atoms with Gasteiger partial charge in [-0.25, -0.2) is 0 Å². The first-order valence-electron chi connectivity index (χ1n) is 11.0. The van der Waals surface area contributed by atoms with E-state index in [-0.39, 0.29) is 30.4 Å². The number of carbonyl (C=O) groups is 1. The van der Waals surface area contributed by atoms with Crippen LogP contribution in [0.15, 0.2) is 46.0 Å². The van der Waals surface area contributed by atoms with Crippen LogP contribution in [0.25, 0.3) is 6.08 Å². The summed E-state index contributed by atoms with van der Waals surface area (Å²) < 4.78 is 17.5. The minimum Gasteiger partial charge on any atom is -0.490 e. The van der Waals surface area contributed by atoms with Crippen LogP contribution in [0.5, 0.6) is 17.2 Å². The Hall–Kier alpha value is -3.01. The summed E-state index contributed by atoms with van der Waals surface area (Å²) in [6.45, 7) is 8.68. The van der Waals surface area contributed by atoms with E-state index in [1.165, 1.54) is 22.3 Å². The number of hydrazone groups is 1. The fourth-order valence-electron chi connectivity index (χ4n) is 3.59. The van der Waals surface area contributed by atoms with Crippen LogP contribution in [0.4, 0.5) is 0 Å². The van der Waals surface area contributed by atoms with Gasteiger partial charge in [0, 0.05) is 0 Å². The lowest BCUT2D eigenvalue weighted by Crippen LogP contribution is -2.35. The lowest BCUT2D eigenvalue weighted by atomic mass is 10.1. The van der Waals surface area contributed by atoms with Crippen LogP contribution < -0.4 is 14.2 Å². The summed E-state index contributed by atoms with van der Waals surface area (Å²) in [6, 6.07) is 9.38. The van der Waals surface area contributed by atoms with Gasteiger partial charge in [0.15, 0.2) is 17.3 Å². The Kier molecular flexibility index (Phi) is 9.05. The number of fused-ring (bicyclic) bond motifs is 1. The molecule has 2 aromatic carbocycles. The fourth-order valence-corrected chi connectivity index (χ4v) is 4.59. The zero-order valence-electron chi connectivity index (χ0n) is 20.3. The molecule has 1 amide bonds. The molecule has 2 aromatic rings. The van der Waals surface area contributed by atoms with Crippen LogP contribution in [-0.2, 0) is 4.79 Å². The summed E-state index contributed by atoms with van der Waals surface area (Å²) in [5, 5.41) is 15.4. The fraction of sp³-hybridized carbons (Fsp3) is 0.280. The molecule has 0 atom stereocenters. The van der Waals surface area contributed by atoms with Crippen molar-refractivity contribution in [1.82, 2.24) is 5.01 Å². The summed E-state index contributed by atoms with van der Waals surface area (Å²) in [4.78, 5) is 16.6. The minimum atomic E-state index is -0.503. The molecule has 0 bridgehead atoms. The number of halogens is 2. The maximum absolute atomic E-state index is 12.6. The maximum atomic E-state index is 12.6. The van der Waals surface area contributed by atoms with Crippen molar-refractivity contribution in [2.75, 3.05) is 19.8 Å².